The summed E-state index contributed by atoms with van der Waals surface area (Å²) in [5.41, 5.74) is 7.21. The van der Waals surface area contributed by atoms with Gasteiger partial charge in [-0.05, 0) is 29.8 Å². The first-order chi connectivity index (χ1) is 8.61. The highest BCUT2D eigenvalue weighted by Gasteiger charge is 2.15. The fourth-order valence-electron chi connectivity index (χ4n) is 1.55. The predicted molar refractivity (Wildman–Crippen MR) is 75.2 cm³/mol. The molecule has 0 spiro atoms. The first-order valence-electron chi connectivity index (χ1n) is 5.17. The highest BCUT2D eigenvalue weighted by molar-refractivity contribution is 6.30. The van der Waals surface area contributed by atoms with Crippen LogP contribution in [0.5, 0.6) is 0 Å². The summed E-state index contributed by atoms with van der Waals surface area (Å²) in [7, 11) is 0. The van der Waals surface area contributed by atoms with Crippen molar-refractivity contribution in [3.63, 3.8) is 0 Å². The monoisotopic (exact) mass is 297 g/mol. The molecule has 0 saturated heterocycles. The number of nitrogens with two attached hydrogens (primary N) is 1. The molecule has 0 radical (unpaired) electrons. The number of pyridine rings is 1. The average molecular weight is 298 g/mol. The van der Waals surface area contributed by atoms with E-state index in [0.29, 0.717) is 11.3 Å². The number of hydrogen-bond acceptors (Lipinski definition) is 2. The van der Waals surface area contributed by atoms with E-state index in [9.17, 15) is 4.39 Å². The van der Waals surface area contributed by atoms with Gasteiger partial charge < -0.3 is 10.6 Å². The number of benzene rings is 1. The number of hydrogen-bond donors (Lipinski definition) is 1. The van der Waals surface area contributed by atoms with Gasteiger partial charge in [0.1, 0.15) is 5.82 Å². The summed E-state index contributed by atoms with van der Waals surface area (Å²) in [6.07, 6.45) is 0. The Balaban J connectivity index is 0.00000180. The molecule has 1 unspecified atom stereocenters. The summed E-state index contributed by atoms with van der Waals surface area (Å²) < 4.78 is 13.1. The van der Waals surface area contributed by atoms with Crippen molar-refractivity contribution in [1.29, 1.82) is 0 Å². The summed E-state index contributed by atoms with van der Waals surface area (Å²) in [6.45, 7) is 6.90. The molecule has 0 aliphatic rings. The number of rotatable bonds is 2. The topological polar surface area (TPSA) is 43.3 Å². The Hall–Kier alpha value is -1.67. The molecular formula is C13H10Cl2FN3. The van der Waals surface area contributed by atoms with Gasteiger partial charge in [0.15, 0.2) is 5.69 Å². The Morgan fingerprint density at radius 3 is 2.68 bits per heavy atom. The zero-order valence-corrected chi connectivity index (χ0v) is 11.2. The Morgan fingerprint density at radius 1 is 1.32 bits per heavy atom. The summed E-state index contributed by atoms with van der Waals surface area (Å²) in [6, 6.07) is 8.77. The number of halogens is 3. The molecule has 98 valence electrons. The van der Waals surface area contributed by atoms with Gasteiger partial charge in [0.05, 0.1) is 11.1 Å². The SMILES string of the molecule is Cl.[C-]#[N+]c1cccc(C(N)c2ccc(F)c(Cl)c2)n1. The van der Waals surface area contributed by atoms with Gasteiger partial charge in [-0.25, -0.2) is 4.39 Å². The number of aromatic nitrogens is 1. The molecule has 3 nitrogen and oxygen atoms in total. The third-order valence-electron chi connectivity index (χ3n) is 2.49. The quantitative estimate of drug-likeness (QED) is 0.855. The minimum absolute atomic E-state index is 0. The Labute approximate surface area is 121 Å². The molecule has 1 aromatic heterocycles. The molecule has 0 saturated carbocycles. The fourth-order valence-corrected chi connectivity index (χ4v) is 1.74. The van der Waals surface area contributed by atoms with Crippen molar-refractivity contribution in [2.24, 2.45) is 5.73 Å². The van der Waals surface area contributed by atoms with Gasteiger partial charge in [0, 0.05) is 0 Å². The van der Waals surface area contributed by atoms with E-state index >= 15 is 0 Å². The fraction of sp³-hybridized carbons (Fsp3) is 0.0769. The average Bonchev–Trinajstić information content (AvgIpc) is 2.41. The Kier molecular flexibility index (Phi) is 5.25. The molecule has 0 bridgehead atoms. The summed E-state index contributed by atoms with van der Waals surface area (Å²) in [5, 5.41) is 0.0179. The molecule has 0 fully saturated rings. The minimum atomic E-state index is -0.537. The Bertz CT molecular complexity index is 626. The zero-order chi connectivity index (χ0) is 13.1. The van der Waals surface area contributed by atoms with Gasteiger partial charge in [0.25, 0.3) is 5.82 Å². The van der Waals surface area contributed by atoms with Crippen molar-refractivity contribution in [2.75, 3.05) is 0 Å². The highest BCUT2D eigenvalue weighted by Crippen LogP contribution is 2.24. The van der Waals surface area contributed by atoms with Crippen LogP contribution in [0.15, 0.2) is 36.4 Å². The van der Waals surface area contributed by atoms with E-state index in [1.54, 1.807) is 24.3 Å². The first kappa shape index (κ1) is 15.4. The molecule has 0 aliphatic carbocycles. The lowest BCUT2D eigenvalue weighted by atomic mass is 10.0. The van der Waals surface area contributed by atoms with Gasteiger partial charge >= 0.3 is 0 Å². The van der Waals surface area contributed by atoms with E-state index in [-0.39, 0.29) is 23.2 Å². The van der Waals surface area contributed by atoms with Crippen LogP contribution in [-0.2, 0) is 0 Å². The van der Waals surface area contributed by atoms with Crippen molar-refractivity contribution in [3.05, 3.63) is 69.9 Å². The predicted octanol–water partition coefficient (Wildman–Crippen LogP) is 3.89. The van der Waals surface area contributed by atoms with Crippen molar-refractivity contribution < 1.29 is 4.39 Å². The maximum atomic E-state index is 13.1. The van der Waals surface area contributed by atoms with Crippen LogP contribution in [0, 0.1) is 12.4 Å². The molecule has 6 heteroatoms. The second kappa shape index (κ2) is 6.48. The van der Waals surface area contributed by atoms with Gasteiger partial charge in [0.2, 0.25) is 0 Å². The lowest BCUT2D eigenvalue weighted by Gasteiger charge is -2.09. The van der Waals surface area contributed by atoms with Gasteiger partial charge in [-0.3, -0.25) is 0 Å². The molecule has 0 amide bonds. The third-order valence-corrected chi connectivity index (χ3v) is 2.78. The largest absolute Gasteiger partial charge is 0.361 e. The second-order valence-electron chi connectivity index (χ2n) is 3.68. The number of nitrogens with zero attached hydrogens (tertiary/aromatic N) is 2. The van der Waals surface area contributed by atoms with E-state index in [1.165, 1.54) is 12.1 Å². The van der Waals surface area contributed by atoms with Crippen LogP contribution >= 0.6 is 24.0 Å². The van der Waals surface area contributed by atoms with Crippen LogP contribution in [-0.4, -0.2) is 4.98 Å². The molecular weight excluding hydrogens is 288 g/mol. The third kappa shape index (κ3) is 3.42. The maximum Gasteiger partial charge on any atom is 0.269 e. The Morgan fingerprint density at radius 2 is 2.05 bits per heavy atom. The zero-order valence-electron chi connectivity index (χ0n) is 9.68. The lowest BCUT2D eigenvalue weighted by Crippen LogP contribution is -2.13. The molecule has 2 aromatic rings. The standard InChI is InChI=1S/C13H9ClFN3.ClH/c1-17-12-4-2-3-11(18-12)13(16)8-5-6-10(15)9(14)7-8;/h2-7,13H,16H2;1H. The molecule has 2 rings (SSSR count). The molecule has 1 heterocycles. The van der Waals surface area contributed by atoms with Crippen LogP contribution in [0.1, 0.15) is 17.3 Å². The van der Waals surface area contributed by atoms with Crippen LogP contribution in [0.2, 0.25) is 5.02 Å². The summed E-state index contributed by atoms with van der Waals surface area (Å²) in [4.78, 5) is 7.34. The summed E-state index contributed by atoms with van der Waals surface area (Å²) >= 11 is 5.70. The molecule has 2 N–H and O–H groups in total. The van der Waals surface area contributed by atoms with Crippen molar-refractivity contribution in [1.82, 2.24) is 4.98 Å². The normalized spacial score (nSPS) is 11.3. The molecule has 1 atom stereocenters. The van der Waals surface area contributed by atoms with Gasteiger partial charge in [-0.15, -0.1) is 17.4 Å². The molecule has 1 aromatic carbocycles. The van der Waals surface area contributed by atoms with Crippen molar-refractivity contribution >= 4 is 29.8 Å². The van der Waals surface area contributed by atoms with Crippen LogP contribution < -0.4 is 5.73 Å². The van der Waals surface area contributed by atoms with E-state index in [1.807, 2.05) is 0 Å². The van der Waals surface area contributed by atoms with E-state index in [4.69, 9.17) is 23.9 Å². The van der Waals surface area contributed by atoms with Crippen molar-refractivity contribution in [2.45, 2.75) is 6.04 Å². The molecule has 19 heavy (non-hydrogen) atoms. The summed E-state index contributed by atoms with van der Waals surface area (Å²) in [5.74, 6) is -0.216. The minimum Gasteiger partial charge on any atom is -0.361 e. The molecule has 0 aliphatic heterocycles. The van der Waals surface area contributed by atoms with Crippen LogP contribution in [0.25, 0.3) is 4.85 Å². The van der Waals surface area contributed by atoms with Gasteiger partial charge in [-0.1, -0.05) is 30.3 Å². The second-order valence-corrected chi connectivity index (χ2v) is 4.09. The van der Waals surface area contributed by atoms with Gasteiger partial charge in [-0.2, -0.15) is 0 Å². The van der Waals surface area contributed by atoms with Crippen molar-refractivity contribution in [3.8, 4) is 0 Å². The first-order valence-corrected chi connectivity index (χ1v) is 5.54. The smallest absolute Gasteiger partial charge is 0.269 e. The van der Waals surface area contributed by atoms with E-state index in [2.05, 4.69) is 9.83 Å². The lowest BCUT2D eigenvalue weighted by molar-refractivity contribution is 0.626. The van der Waals surface area contributed by atoms with Crippen LogP contribution in [0.4, 0.5) is 10.2 Å². The van der Waals surface area contributed by atoms with Crippen LogP contribution in [0.3, 0.4) is 0 Å². The van der Waals surface area contributed by atoms with E-state index in [0.717, 1.165) is 0 Å². The maximum absolute atomic E-state index is 13.1. The highest BCUT2D eigenvalue weighted by atomic mass is 35.5. The van der Waals surface area contributed by atoms with E-state index < -0.39 is 11.9 Å².